The summed E-state index contributed by atoms with van der Waals surface area (Å²) in [6.07, 6.45) is 0.176. The maximum Gasteiger partial charge on any atom is 0.331 e. The van der Waals surface area contributed by atoms with Crippen molar-refractivity contribution in [3.63, 3.8) is 0 Å². The lowest BCUT2D eigenvalue weighted by molar-refractivity contribution is -0.154. The zero-order valence-electron chi connectivity index (χ0n) is 6.60. The normalized spacial score (nSPS) is 37.2. The van der Waals surface area contributed by atoms with Gasteiger partial charge >= 0.3 is 5.97 Å². The summed E-state index contributed by atoms with van der Waals surface area (Å²) in [5, 5.41) is 8.31. The van der Waals surface area contributed by atoms with E-state index in [0.717, 1.165) is 4.90 Å². The van der Waals surface area contributed by atoms with E-state index < -0.39 is 28.2 Å². The van der Waals surface area contributed by atoms with Gasteiger partial charge in [-0.25, -0.2) is 4.79 Å². The Kier molecular flexibility index (Phi) is 1.56. The molecule has 2 saturated heterocycles. The third-order valence-electron chi connectivity index (χ3n) is 2.27. The molecule has 0 radical (unpaired) electrons. The van der Waals surface area contributed by atoms with Crippen LogP contribution in [0.3, 0.4) is 0 Å². The van der Waals surface area contributed by atoms with Crippen LogP contribution in [0.15, 0.2) is 11.5 Å². The fraction of sp³-hybridized carbons (Fsp3) is 0.429. The van der Waals surface area contributed by atoms with Crippen molar-refractivity contribution in [3.8, 4) is 0 Å². The summed E-state index contributed by atoms with van der Waals surface area (Å²) in [4.78, 5) is 23.0. The monoisotopic (exact) mass is 201 g/mol. The molecule has 0 saturated carbocycles. The Morgan fingerprint density at radius 3 is 2.69 bits per heavy atom. The number of nitrogens with zero attached hydrogens (tertiary/aromatic N) is 1. The van der Waals surface area contributed by atoms with Crippen LogP contribution in [0.25, 0.3) is 0 Å². The number of carboxylic acids is 1. The molecule has 13 heavy (non-hydrogen) atoms. The molecule has 0 aromatic carbocycles. The lowest BCUT2D eigenvalue weighted by Gasteiger charge is -2.34. The molecule has 2 aliphatic rings. The first-order valence-corrected chi connectivity index (χ1v) is 4.88. The summed E-state index contributed by atoms with van der Waals surface area (Å²) < 4.78 is 11.4. The molecule has 0 aromatic heterocycles. The van der Waals surface area contributed by atoms with Crippen LogP contribution in [0.1, 0.15) is 6.42 Å². The zero-order valence-corrected chi connectivity index (χ0v) is 7.41. The van der Waals surface area contributed by atoms with Gasteiger partial charge < -0.3 is 10.0 Å². The first-order valence-electron chi connectivity index (χ1n) is 3.67. The molecule has 3 atom stereocenters. The molecule has 1 amide bonds. The first kappa shape index (κ1) is 8.43. The fourth-order valence-electron chi connectivity index (χ4n) is 1.59. The molecule has 3 unspecified atom stereocenters. The Morgan fingerprint density at radius 1 is 1.69 bits per heavy atom. The summed E-state index contributed by atoms with van der Waals surface area (Å²) >= 11 is 0. The van der Waals surface area contributed by atoms with E-state index in [-0.39, 0.29) is 17.2 Å². The average Bonchev–Trinajstić information content (AvgIpc) is 2.24. The lowest BCUT2D eigenvalue weighted by Crippen LogP contribution is -2.55. The van der Waals surface area contributed by atoms with Gasteiger partial charge in [0, 0.05) is 4.91 Å². The molecule has 0 bridgehead atoms. The number of carboxylic acid groups (broad SMARTS) is 1. The SMILES string of the molecule is C=C1C(C(=O)O)N2C(=O)CC2S1=O. The summed E-state index contributed by atoms with van der Waals surface area (Å²) in [5.74, 6) is -1.42. The van der Waals surface area contributed by atoms with Crippen molar-refractivity contribution in [3.05, 3.63) is 11.5 Å². The topological polar surface area (TPSA) is 74.7 Å². The highest BCUT2D eigenvalue weighted by Crippen LogP contribution is 2.38. The maximum atomic E-state index is 11.4. The minimum absolute atomic E-state index is 0.128. The predicted octanol–water partition coefficient (Wildman–Crippen LogP) is -0.726. The van der Waals surface area contributed by atoms with E-state index in [4.69, 9.17) is 5.11 Å². The van der Waals surface area contributed by atoms with Gasteiger partial charge in [-0.15, -0.1) is 0 Å². The number of fused-ring (bicyclic) bond motifs is 1. The number of aliphatic carboxylic acids is 1. The highest BCUT2D eigenvalue weighted by atomic mass is 32.2. The Bertz CT molecular complexity index is 350. The quantitative estimate of drug-likeness (QED) is 0.568. The second kappa shape index (κ2) is 2.41. The highest BCUT2D eigenvalue weighted by molar-refractivity contribution is 7.90. The Morgan fingerprint density at radius 2 is 2.31 bits per heavy atom. The van der Waals surface area contributed by atoms with Crippen molar-refractivity contribution in [1.82, 2.24) is 4.90 Å². The Labute approximate surface area is 76.5 Å². The number of hydrogen-bond donors (Lipinski definition) is 1. The van der Waals surface area contributed by atoms with Crippen LogP contribution in [0.5, 0.6) is 0 Å². The number of carbonyl (C=O) groups is 2. The third kappa shape index (κ3) is 0.888. The summed E-state index contributed by atoms with van der Waals surface area (Å²) in [5.41, 5.74) is 0. The number of hydrogen-bond acceptors (Lipinski definition) is 3. The molecule has 70 valence electrons. The van der Waals surface area contributed by atoms with Gasteiger partial charge in [-0.1, -0.05) is 6.58 Å². The van der Waals surface area contributed by atoms with Crippen LogP contribution < -0.4 is 0 Å². The van der Waals surface area contributed by atoms with Crippen LogP contribution in [0, 0.1) is 0 Å². The highest BCUT2D eigenvalue weighted by Gasteiger charge is 2.55. The summed E-state index contributed by atoms with van der Waals surface area (Å²) in [6, 6.07) is -1.08. The van der Waals surface area contributed by atoms with Crippen molar-refractivity contribution in [2.24, 2.45) is 0 Å². The maximum absolute atomic E-state index is 11.4. The molecule has 0 aromatic rings. The summed E-state index contributed by atoms with van der Waals surface area (Å²) in [7, 11) is -1.40. The molecule has 2 rings (SSSR count). The van der Waals surface area contributed by atoms with Gasteiger partial charge in [0.05, 0.1) is 17.2 Å². The van der Waals surface area contributed by atoms with E-state index in [9.17, 15) is 13.8 Å². The van der Waals surface area contributed by atoms with E-state index in [1.165, 1.54) is 0 Å². The van der Waals surface area contributed by atoms with Gasteiger partial charge in [0.1, 0.15) is 5.37 Å². The number of carbonyl (C=O) groups excluding carboxylic acids is 1. The molecule has 2 aliphatic heterocycles. The smallest absolute Gasteiger partial charge is 0.331 e. The number of amides is 1. The van der Waals surface area contributed by atoms with E-state index in [1.54, 1.807) is 0 Å². The standard InChI is InChI=1S/C7H7NO4S/c1-3-6(7(10)11)8-4(9)2-5(8)13(3)12/h5-6H,1-2H2,(H,10,11). The predicted molar refractivity (Wildman–Crippen MR) is 44.0 cm³/mol. The second-order valence-electron chi connectivity index (χ2n) is 2.96. The van der Waals surface area contributed by atoms with Crippen LogP contribution >= 0.6 is 0 Å². The van der Waals surface area contributed by atoms with Crippen LogP contribution in [0.4, 0.5) is 0 Å². The zero-order chi connectivity index (χ0) is 9.75. The largest absolute Gasteiger partial charge is 0.479 e. The molecule has 6 heteroatoms. The molecule has 2 heterocycles. The van der Waals surface area contributed by atoms with Crippen LogP contribution in [0.2, 0.25) is 0 Å². The molecule has 1 N–H and O–H groups in total. The number of β-lactam (4-membered cyclic amide) rings is 1. The van der Waals surface area contributed by atoms with Gasteiger partial charge in [-0.3, -0.25) is 9.00 Å². The van der Waals surface area contributed by atoms with Crippen LogP contribution in [-0.4, -0.2) is 37.5 Å². The minimum Gasteiger partial charge on any atom is -0.479 e. The van der Waals surface area contributed by atoms with Crippen molar-refractivity contribution in [1.29, 1.82) is 0 Å². The summed E-state index contributed by atoms with van der Waals surface area (Å²) in [6.45, 7) is 3.44. The Balaban J connectivity index is 2.38. The molecule has 0 aliphatic carbocycles. The molecule has 0 spiro atoms. The molecular weight excluding hydrogens is 194 g/mol. The van der Waals surface area contributed by atoms with E-state index in [2.05, 4.69) is 6.58 Å². The molecular formula is C7H7NO4S. The van der Waals surface area contributed by atoms with Crippen molar-refractivity contribution < 1.29 is 18.9 Å². The number of rotatable bonds is 1. The van der Waals surface area contributed by atoms with E-state index in [0.29, 0.717) is 0 Å². The Hall–Kier alpha value is -1.17. The van der Waals surface area contributed by atoms with Crippen molar-refractivity contribution >= 4 is 22.7 Å². The van der Waals surface area contributed by atoms with Crippen LogP contribution in [-0.2, 0) is 20.4 Å². The minimum atomic E-state index is -1.40. The van der Waals surface area contributed by atoms with Gasteiger partial charge in [-0.05, 0) is 0 Å². The van der Waals surface area contributed by atoms with Gasteiger partial charge in [0.15, 0.2) is 6.04 Å². The van der Waals surface area contributed by atoms with Crippen molar-refractivity contribution in [2.75, 3.05) is 0 Å². The lowest BCUT2D eigenvalue weighted by atomic mass is 10.1. The fourth-order valence-corrected chi connectivity index (χ4v) is 3.11. The van der Waals surface area contributed by atoms with Gasteiger partial charge in [0.2, 0.25) is 5.91 Å². The van der Waals surface area contributed by atoms with Gasteiger partial charge in [-0.2, -0.15) is 0 Å². The second-order valence-corrected chi connectivity index (χ2v) is 4.63. The van der Waals surface area contributed by atoms with Crippen molar-refractivity contribution in [2.45, 2.75) is 17.8 Å². The molecule has 2 fully saturated rings. The first-order chi connectivity index (χ1) is 6.04. The van der Waals surface area contributed by atoms with E-state index >= 15 is 0 Å². The van der Waals surface area contributed by atoms with Gasteiger partial charge in [0.25, 0.3) is 0 Å². The average molecular weight is 201 g/mol. The third-order valence-corrected chi connectivity index (χ3v) is 3.90. The van der Waals surface area contributed by atoms with E-state index in [1.807, 2.05) is 0 Å². The molecule has 5 nitrogen and oxygen atoms in total.